The molecular weight excluding hydrogens is 242 g/mol. The first-order valence-corrected chi connectivity index (χ1v) is 6.44. The normalized spacial score (nSPS) is 14.7. The number of nitrogens with zero attached hydrogens (tertiary/aromatic N) is 1. The molecule has 0 spiro atoms. The lowest BCUT2D eigenvalue weighted by Crippen LogP contribution is -2.30. The van der Waals surface area contributed by atoms with Gasteiger partial charge in [-0.3, -0.25) is 4.79 Å². The Kier molecular flexibility index (Phi) is 3.35. The van der Waals surface area contributed by atoms with Crippen LogP contribution in [0.2, 0.25) is 0 Å². The maximum atomic E-state index is 12.0. The van der Waals surface area contributed by atoms with Crippen LogP contribution in [0.1, 0.15) is 43.1 Å². The van der Waals surface area contributed by atoms with Gasteiger partial charge in [0, 0.05) is 12.2 Å². The van der Waals surface area contributed by atoms with Gasteiger partial charge in [0.2, 0.25) is 5.91 Å². The van der Waals surface area contributed by atoms with E-state index in [0.29, 0.717) is 13.0 Å². The maximum absolute atomic E-state index is 12.0. The van der Waals surface area contributed by atoms with Crippen molar-refractivity contribution in [2.45, 2.75) is 33.6 Å². The molecule has 1 aliphatic rings. The second kappa shape index (κ2) is 4.68. The second-order valence-electron chi connectivity index (χ2n) is 6.18. The minimum absolute atomic E-state index is 0.0572. The van der Waals surface area contributed by atoms with Crippen molar-refractivity contribution in [2.24, 2.45) is 5.41 Å². The monoisotopic (exact) mass is 261 g/mol. The van der Waals surface area contributed by atoms with Crippen LogP contribution in [-0.4, -0.2) is 23.5 Å². The zero-order valence-electron chi connectivity index (χ0n) is 11.6. The van der Waals surface area contributed by atoms with Crippen molar-refractivity contribution in [3.63, 3.8) is 0 Å². The number of carbonyl (C=O) groups excluding carboxylic acids is 1. The van der Waals surface area contributed by atoms with Gasteiger partial charge in [0.1, 0.15) is 0 Å². The quantitative estimate of drug-likeness (QED) is 0.910. The van der Waals surface area contributed by atoms with Crippen molar-refractivity contribution >= 4 is 17.6 Å². The van der Waals surface area contributed by atoms with E-state index in [-0.39, 0.29) is 16.9 Å². The van der Waals surface area contributed by atoms with Gasteiger partial charge in [0.25, 0.3) is 0 Å². The van der Waals surface area contributed by atoms with E-state index in [1.165, 1.54) is 0 Å². The molecule has 0 unspecified atom stereocenters. The second-order valence-corrected chi connectivity index (χ2v) is 6.18. The average molecular weight is 261 g/mol. The molecule has 0 bridgehead atoms. The largest absolute Gasteiger partial charge is 0.478 e. The molecule has 1 amide bonds. The Hall–Kier alpha value is -1.84. The highest BCUT2D eigenvalue weighted by Gasteiger charge is 2.28. The summed E-state index contributed by atoms with van der Waals surface area (Å²) in [5.41, 5.74) is 2.06. The Labute approximate surface area is 113 Å². The number of carboxylic acid groups (broad SMARTS) is 1. The van der Waals surface area contributed by atoms with Crippen LogP contribution in [0.25, 0.3) is 0 Å². The molecular formula is C15H19NO3. The number of benzene rings is 1. The molecule has 0 aliphatic carbocycles. The predicted molar refractivity (Wildman–Crippen MR) is 73.5 cm³/mol. The van der Waals surface area contributed by atoms with Crippen LogP contribution in [-0.2, 0) is 11.2 Å². The molecule has 0 saturated heterocycles. The minimum atomic E-state index is -0.960. The van der Waals surface area contributed by atoms with E-state index >= 15 is 0 Å². The summed E-state index contributed by atoms with van der Waals surface area (Å²) in [6.45, 7) is 7.02. The van der Waals surface area contributed by atoms with E-state index in [0.717, 1.165) is 17.7 Å². The van der Waals surface area contributed by atoms with E-state index in [2.05, 4.69) is 20.8 Å². The maximum Gasteiger partial charge on any atom is 0.335 e. The lowest BCUT2D eigenvalue weighted by molar-refractivity contribution is -0.117. The van der Waals surface area contributed by atoms with Crippen LogP contribution in [0.4, 0.5) is 5.69 Å². The van der Waals surface area contributed by atoms with Gasteiger partial charge >= 0.3 is 5.97 Å². The van der Waals surface area contributed by atoms with Gasteiger partial charge in [-0.1, -0.05) is 26.8 Å². The van der Waals surface area contributed by atoms with Gasteiger partial charge in [0.15, 0.2) is 0 Å². The molecule has 1 aromatic carbocycles. The lowest BCUT2D eigenvalue weighted by Gasteiger charge is -2.24. The zero-order valence-corrected chi connectivity index (χ0v) is 11.6. The van der Waals surface area contributed by atoms with Gasteiger partial charge in [-0.05, 0) is 29.5 Å². The number of anilines is 1. The highest BCUT2D eigenvalue weighted by atomic mass is 16.4. The fourth-order valence-electron chi connectivity index (χ4n) is 2.18. The van der Waals surface area contributed by atoms with Crippen LogP contribution in [0, 0.1) is 5.41 Å². The summed E-state index contributed by atoms with van der Waals surface area (Å²) in [6.07, 6.45) is 1.26. The fraction of sp³-hybridized carbons (Fsp3) is 0.467. The molecule has 1 aromatic rings. The molecule has 1 aliphatic heterocycles. The molecule has 1 heterocycles. The van der Waals surface area contributed by atoms with E-state index < -0.39 is 5.97 Å². The highest BCUT2D eigenvalue weighted by molar-refractivity contribution is 6.03. The van der Waals surface area contributed by atoms with Gasteiger partial charge in [-0.25, -0.2) is 4.79 Å². The van der Waals surface area contributed by atoms with Gasteiger partial charge in [-0.15, -0.1) is 0 Å². The first kappa shape index (κ1) is 13.6. The standard InChI is InChI=1S/C15H19NO3/c1-15(2,3)6-7-16-12-8-11(14(18)19)5-4-10(12)9-13(16)17/h4-5,8H,6-7,9H2,1-3H3,(H,18,19). The van der Waals surface area contributed by atoms with Crippen molar-refractivity contribution in [3.05, 3.63) is 29.3 Å². The first-order valence-electron chi connectivity index (χ1n) is 6.44. The average Bonchev–Trinajstić information content (AvgIpc) is 2.60. The van der Waals surface area contributed by atoms with Crippen LogP contribution in [0.3, 0.4) is 0 Å². The van der Waals surface area contributed by atoms with E-state index in [4.69, 9.17) is 5.11 Å². The van der Waals surface area contributed by atoms with Crippen molar-refractivity contribution in [3.8, 4) is 0 Å². The summed E-state index contributed by atoms with van der Waals surface area (Å²) >= 11 is 0. The Bertz CT molecular complexity index is 529. The molecule has 0 aromatic heterocycles. The number of carboxylic acids is 1. The molecule has 0 fully saturated rings. The summed E-state index contributed by atoms with van der Waals surface area (Å²) < 4.78 is 0. The first-order chi connectivity index (χ1) is 8.78. The van der Waals surface area contributed by atoms with Gasteiger partial charge in [0.05, 0.1) is 12.0 Å². The van der Waals surface area contributed by atoms with E-state index in [1.807, 2.05) is 0 Å². The van der Waals surface area contributed by atoms with Gasteiger partial charge < -0.3 is 10.0 Å². The number of amides is 1. The summed E-state index contributed by atoms with van der Waals surface area (Å²) in [5, 5.41) is 9.02. The van der Waals surface area contributed by atoms with Crippen LogP contribution in [0.15, 0.2) is 18.2 Å². The molecule has 102 valence electrons. The zero-order chi connectivity index (χ0) is 14.2. The fourth-order valence-corrected chi connectivity index (χ4v) is 2.18. The van der Waals surface area contributed by atoms with E-state index in [1.54, 1.807) is 23.1 Å². The topological polar surface area (TPSA) is 57.6 Å². The molecule has 4 heteroatoms. The highest BCUT2D eigenvalue weighted by Crippen LogP contribution is 2.31. The molecule has 1 N–H and O–H groups in total. The Morgan fingerprint density at radius 2 is 2.05 bits per heavy atom. The Balaban J connectivity index is 2.26. The van der Waals surface area contributed by atoms with Crippen molar-refractivity contribution in [1.29, 1.82) is 0 Å². The number of fused-ring (bicyclic) bond motifs is 1. The van der Waals surface area contributed by atoms with Gasteiger partial charge in [-0.2, -0.15) is 0 Å². The molecule has 0 saturated carbocycles. The molecule has 4 nitrogen and oxygen atoms in total. The number of aromatic carboxylic acids is 1. The predicted octanol–water partition coefficient (Wildman–Crippen LogP) is 2.71. The van der Waals surface area contributed by atoms with Crippen molar-refractivity contribution < 1.29 is 14.7 Å². The minimum Gasteiger partial charge on any atom is -0.478 e. The number of carbonyl (C=O) groups is 2. The summed E-state index contributed by atoms with van der Waals surface area (Å²) in [7, 11) is 0. The number of hydrogen-bond donors (Lipinski definition) is 1. The molecule has 2 rings (SSSR count). The Morgan fingerprint density at radius 3 is 2.63 bits per heavy atom. The third-order valence-electron chi connectivity index (χ3n) is 3.35. The van der Waals surface area contributed by atoms with Crippen LogP contribution >= 0.6 is 0 Å². The van der Waals surface area contributed by atoms with E-state index in [9.17, 15) is 9.59 Å². The van der Waals surface area contributed by atoms with Crippen LogP contribution < -0.4 is 4.90 Å². The van der Waals surface area contributed by atoms with Crippen molar-refractivity contribution in [2.75, 3.05) is 11.4 Å². The molecule has 0 radical (unpaired) electrons. The summed E-state index contributed by atoms with van der Waals surface area (Å²) in [5.74, 6) is -0.903. The lowest BCUT2D eigenvalue weighted by atomic mass is 9.92. The SMILES string of the molecule is CC(C)(C)CCN1C(=O)Cc2ccc(C(=O)O)cc21. The molecule has 19 heavy (non-hydrogen) atoms. The molecule has 0 atom stereocenters. The smallest absolute Gasteiger partial charge is 0.335 e. The van der Waals surface area contributed by atoms with Crippen molar-refractivity contribution in [1.82, 2.24) is 0 Å². The Morgan fingerprint density at radius 1 is 1.37 bits per heavy atom. The van der Waals surface area contributed by atoms with Crippen LogP contribution in [0.5, 0.6) is 0 Å². The third-order valence-corrected chi connectivity index (χ3v) is 3.35. The summed E-state index contributed by atoms with van der Waals surface area (Å²) in [6, 6.07) is 4.90. The summed E-state index contributed by atoms with van der Waals surface area (Å²) in [4.78, 5) is 24.7. The number of rotatable bonds is 3. The number of hydrogen-bond acceptors (Lipinski definition) is 2. The third kappa shape index (κ3) is 2.95.